The molecule has 2 aromatic carbocycles. The number of amides is 1. The highest BCUT2D eigenvalue weighted by Crippen LogP contribution is 2.30. The number of hydrogen-bond acceptors (Lipinski definition) is 6. The molecule has 0 aliphatic carbocycles. The summed E-state index contributed by atoms with van der Waals surface area (Å²) in [6.45, 7) is 1.71. The summed E-state index contributed by atoms with van der Waals surface area (Å²) in [6.07, 6.45) is 0. The molecule has 0 aliphatic heterocycles. The van der Waals surface area contributed by atoms with Crippen molar-refractivity contribution in [1.82, 2.24) is 4.90 Å². The van der Waals surface area contributed by atoms with Crippen molar-refractivity contribution < 1.29 is 28.5 Å². The van der Waals surface area contributed by atoms with Crippen molar-refractivity contribution in [3.63, 3.8) is 0 Å². The van der Waals surface area contributed by atoms with Gasteiger partial charge in [-0.05, 0) is 42.8 Å². The van der Waals surface area contributed by atoms with Gasteiger partial charge in [-0.25, -0.2) is 4.79 Å². The molecule has 1 unspecified atom stereocenters. The summed E-state index contributed by atoms with van der Waals surface area (Å²) in [6, 6.07) is 12.3. The highest BCUT2D eigenvalue weighted by Gasteiger charge is 2.20. The largest absolute Gasteiger partial charge is 0.497 e. The Morgan fingerprint density at radius 1 is 0.964 bits per heavy atom. The predicted molar refractivity (Wildman–Crippen MR) is 104 cm³/mol. The van der Waals surface area contributed by atoms with E-state index in [4.69, 9.17) is 14.2 Å². The second-order valence-corrected chi connectivity index (χ2v) is 6.10. The lowest BCUT2D eigenvalue weighted by atomic mass is 10.1. The monoisotopic (exact) mass is 387 g/mol. The molecule has 0 heterocycles. The maximum atomic E-state index is 12.9. The smallest absolute Gasteiger partial charge is 0.343 e. The third-order valence-electron chi connectivity index (χ3n) is 4.48. The summed E-state index contributed by atoms with van der Waals surface area (Å²) in [7, 11) is 6.11. The lowest BCUT2D eigenvalue weighted by molar-refractivity contribution is -0.142. The van der Waals surface area contributed by atoms with Gasteiger partial charge in [0.2, 0.25) is 0 Å². The molecule has 7 heteroatoms. The van der Waals surface area contributed by atoms with Gasteiger partial charge in [0.05, 0.1) is 27.4 Å². The van der Waals surface area contributed by atoms with Crippen LogP contribution in [0.15, 0.2) is 42.5 Å². The van der Waals surface area contributed by atoms with Crippen LogP contribution in [0.2, 0.25) is 0 Å². The zero-order valence-electron chi connectivity index (χ0n) is 16.7. The molecule has 0 aromatic heterocycles. The number of hydrogen-bond donors (Lipinski definition) is 0. The van der Waals surface area contributed by atoms with E-state index >= 15 is 0 Å². The maximum absolute atomic E-state index is 12.9. The van der Waals surface area contributed by atoms with E-state index in [1.807, 2.05) is 31.2 Å². The first kappa shape index (κ1) is 21.1. The van der Waals surface area contributed by atoms with Gasteiger partial charge in [0, 0.05) is 12.6 Å². The lowest BCUT2D eigenvalue weighted by Gasteiger charge is -2.26. The molecule has 1 atom stereocenters. The SMILES string of the molecule is COC(=O)COc1ccc(C(=O)N(C)C(C)c2ccc(OC)cc2)cc1OC. The van der Waals surface area contributed by atoms with Crippen LogP contribution in [0.4, 0.5) is 0 Å². The number of ether oxygens (including phenoxy) is 4. The van der Waals surface area contributed by atoms with Crippen molar-refractivity contribution in [2.24, 2.45) is 0 Å². The summed E-state index contributed by atoms with van der Waals surface area (Å²) in [5.41, 5.74) is 1.44. The van der Waals surface area contributed by atoms with Crippen LogP contribution in [0.1, 0.15) is 28.9 Å². The quantitative estimate of drug-likeness (QED) is 0.648. The van der Waals surface area contributed by atoms with Crippen LogP contribution in [0.25, 0.3) is 0 Å². The maximum Gasteiger partial charge on any atom is 0.343 e. The van der Waals surface area contributed by atoms with Crippen LogP contribution in [0, 0.1) is 0 Å². The van der Waals surface area contributed by atoms with E-state index in [0.29, 0.717) is 17.1 Å². The summed E-state index contributed by atoms with van der Waals surface area (Å²) in [5.74, 6) is 0.809. The van der Waals surface area contributed by atoms with E-state index in [1.54, 1.807) is 37.3 Å². The molecule has 0 spiro atoms. The van der Waals surface area contributed by atoms with Crippen molar-refractivity contribution in [2.45, 2.75) is 13.0 Å². The van der Waals surface area contributed by atoms with Gasteiger partial charge in [-0.3, -0.25) is 4.79 Å². The molecule has 0 radical (unpaired) electrons. The number of carbonyl (C=O) groups is 2. The Hall–Kier alpha value is -3.22. The van der Waals surface area contributed by atoms with E-state index in [9.17, 15) is 9.59 Å². The number of esters is 1. The Kier molecular flexibility index (Phi) is 7.26. The molecule has 0 saturated carbocycles. The minimum atomic E-state index is -0.504. The number of rotatable bonds is 8. The molecule has 0 saturated heterocycles. The standard InChI is InChI=1S/C21H25NO6/c1-14(15-6-9-17(25-3)10-7-15)22(2)21(24)16-8-11-18(19(12-16)26-4)28-13-20(23)27-5/h6-12,14H,13H2,1-5H3. The zero-order valence-corrected chi connectivity index (χ0v) is 16.7. The molecular formula is C21H25NO6. The minimum Gasteiger partial charge on any atom is -0.497 e. The van der Waals surface area contributed by atoms with Crippen molar-refractivity contribution >= 4 is 11.9 Å². The Balaban J connectivity index is 2.16. The Morgan fingerprint density at radius 3 is 2.21 bits per heavy atom. The first-order chi connectivity index (χ1) is 13.4. The average molecular weight is 387 g/mol. The van der Waals surface area contributed by atoms with Crippen molar-refractivity contribution in [3.8, 4) is 17.2 Å². The fraction of sp³-hybridized carbons (Fsp3) is 0.333. The molecule has 0 bridgehead atoms. The van der Waals surface area contributed by atoms with Gasteiger partial charge in [-0.1, -0.05) is 12.1 Å². The first-order valence-electron chi connectivity index (χ1n) is 8.70. The van der Waals surface area contributed by atoms with Crippen LogP contribution in [0.5, 0.6) is 17.2 Å². The Bertz CT molecular complexity index is 818. The zero-order chi connectivity index (χ0) is 20.7. The lowest BCUT2D eigenvalue weighted by Crippen LogP contribution is -2.29. The summed E-state index contributed by atoms with van der Waals surface area (Å²) in [5, 5.41) is 0. The van der Waals surface area contributed by atoms with Gasteiger partial charge in [0.15, 0.2) is 18.1 Å². The highest BCUT2D eigenvalue weighted by molar-refractivity contribution is 5.95. The molecule has 1 amide bonds. The second kappa shape index (κ2) is 9.64. The van der Waals surface area contributed by atoms with Gasteiger partial charge in [0.1, 0.15) is 5.75 Å². The Morgan fingerprint density at radius 2 is 1.64 bits per heavy atom. The molecule has 0 fully saturated rings. The molecule has 7 nitrogen and oxygen atoms in total. The molecule has 28 heavy (non-hydrogen) atoms. The normalized spacial score (nSPS) is 11.3. The minimum absolute atomic E-state index is 0.139. The summed E-state index contributed by atoms with van der Waals surface area (Å²) in [4.78, 5) is 25.8. The van der Waals surface area contributed by atoms with Crippen molar-refractivity contribution in [1.29, 1.82) is 0 Å². The molecule has 2 rings (SSSR count). The third kappa shape index (κ3) is 4.94. The topological polar surface area (TPSA) is 74.3 Å². The average Bonchev–Trinajstić information content (AvgIpc) is 2.75. The van der Waals surface area contributed by atoms with E-state index in [-0.39, 0.29) is 18.6 Å². The van der Waals surface area contributed by atoms with Gasteiger partial charge >= 0.3 is 5.97 Å². The Labute approximate surface area is 164 Å². The van der Waals surface area contributed by atoms with Gasteiger partial charge in [0.25, 0.3) is 5.91 Å². The van der Waals surface area contributed by atoms with Crippen molar-refractivity contribution in [2.75, 3.05) is 35.0 Å². The van der Waals surface area contributed by atoms with Crippen LogP contribution >= 0.6 is 0 Å². The van der Waals surface area contributed by atoms with Crippen LogP contribution < -0.4 is 14.2 Å². The van der Waals surface area contributed by atoms with Crippen LogP contribution in [-0.4, -0.2) is 51.8 Å². The molecule has 2 aromatic rings. The number of carbonyl (C=O) groups excluding carboxylic acids is 2. The highest BCUT2D eigenvalue weighted by atomic mass is 16.6. The van der Waals surface area contributed by atoms with Crippen LogP contribution in [0.3, 0.4) is 0 Å². The van der Waals surface area contributed by atoms with Gasteiger partial charge in [-0.2, -0.15) is 0 Å². The predicted octanol–water partition coefficient (Wildman–Crippen LogP) is 3.09. The van der Waals surface area contributed by atoms with Crippen molar-refractivity contribution in [3.05, 3.63) is 53.6 Å². The van der Waals surface area contributed by atoms with Crippen LogP contribution in [-0.2, 0) is 9.53 Å². The van der Waals surface area contributed by atoms with E-state index in [1.165, 1.54) is 14.2 Å². The van der Waals surface area contributed by atoms with E-state index < -0.39 is 5.97 Å². The summed E-state index contributed by atoms with van der Waals surface area (Å²) < 4.78 is 20.4. The van der Waals surface area contributed by atoms with Gasteiger partial charge in [-0.15, -0.1) is 0 Å². The molecule has 150 valence electrons. The van der Waals surface area contributed by atoms with E-state index in [0.717, 1.165) is 11.3 Å². The fourth-order valence-electron chi connectivity index (χ4n) is 2.60. The second-order valence-electron chi connectivity index (χ2n) is 6.10. The first-order valence-corrected chi connectivity index (χ1v) is 8.70. The van der Waals surface area contributed by atoms with E-state index in [2.05, 4.69) is 4.74 Å². The summed E-state index contributed by atoms with van der Waals surface area (Å²) >= 11 is 0. The fourth-order valence-corrected chi connectivity index (χ4v) is 2.60. The van der Waals surface area contributed by atoms with Gasteiger partial charge < -0.3 is 23.8 Å². The molecule has 0 aliphatic rings. The number of methoxy groups -OCH3 is 3. The third-order valence-corrected chi connectivity index (χ3v) is 4.48. The molecular weight excluding hydrogens is 362 g/mol. The molecule has 0 N–H and O–H groups in total. The number of benzene rings is 2. The number of nitrogens with zero attached hydrogens (tertiary/aromatic N) is 1.